The first-order chi connectivity index (χ1) is 6.50. The van der Waals surface area contributed by atoms with Crippen LogP contribution in [-0.2, 0) is 4.79 Å². The summed E-state index contributed by atoms with van der Waals surface area (Å²) in [6, 6.07) is 0. The Morgan fingerprint density at radius 2 is 2.21 bits per heavy atom. The molecule has 14 heavy (non-hydrogen) atoms. The number of amides is 1. The third-order valence-electron chi connectivity index (χ3n) is 2.26. The molecule has 1 amide bonds. The Morgan fingerprint density at radius 3 is 2.71 bits per heavy atom. The highest BCUT2D eigenvalue weighted by molar-refractivity contribution is 5.81. The third kappa shape index (κ3) is 3.53. The van der Waals surface area contributed by atoms with Crippen molar-refractivity contribution in [3.8, 4) is 0 Å². The molecule has 0 spiro atoms. The number of hydrogen-bond donors (Lipinski definition) is 2. The van der Waals surface area contributed by atoms with Crippen molar-refractivity contribution >= 4 is 5.91 Å². The second-order valence-electron chi connectivity index (χ2n) is 3.40. The Bertz CT molecular complexity index is 199. The van der Waals surface area contributed by atoms with Crippen LogP contribution in [0.2, 0.25) is 0 Å². The lowest BCUT2D eigenvalue weighted by Gasteiger charge is -2.10. The van der Waals surface area contributed by atoms with E-state index in [0.717, 1.165) is 19.5 Å². The van der Waals surface area contributed by atoms with Crippen LogP contribution in [0.4, 0.5) is 13.2 Å². The van der Waals surface area contributed by atoms with Crippen LogP contribution in [0.15, 0.2) is 0 Å². The Balaban J connectivity index is 2.11. The fourth-order valence-corrected chi connectivity index (χ4v) is 1.45. The maximum atomic E-state index is 11.7. The molecule has 1 heterocycles. The van der Waals surface area contributed by atoms with Gasteiger partial charge in [0, 0.05) is 6.54 Å². The minimum absolute atomic E-state index is 0.102. The summed E-state index contributed by atoms with van der Waals surface area (Å²) in [7, 11) is 0. The fraction of sp³-hybridized carbons (Fsp3) is 0.875. The van der Waals surface area contributed by atoms with Gasteiger partial charge in [-0.15, -0.1) is 0 Å². The Morgan fingerprint density at radius 1 is 1.50 bits per heavy atom. The van der Waals surface area contributed by atoms with Gasteiger partial charge in [-0.3, -0.25) is 4.79 Å². The van der Waals surface area contributed by atoms with Crippen molar-refractivity contribution < 1.29 is 18.0 Å². The molecule has 2 N–H and O–H groups in total. The smallest absolute Gasteiger partial charge is 0.348 e. The van der Waals surface area contributed by atoms with Crippen LogP contribution in [0.5, 0.6) is 0 Å². The van der Waals surface area contributed by atoms with Crippen LogP contribution in [-0.4, -0.2) is 31.7 Å². The summed E-state index contributed by atoms with van der Waals surface area (Å²) < 4.78 is 35.2. The van der Waals surface area contributed by atoms with E-state index in [-0.39, 0.29) is 6.54 Å². The molecule has 1 aliphatic heterocycles. The van der Waals surface area contributed by atoms with E-state index in [9.17, 15) is 18.0 Å². The van der Waals surface area contributed by atoms with Crippen molar-refractivity contribution in [3.05, 3.63) is 0 Å². The van der Waals surface area contributed by atoms with Crippen LogP contribution in [0.25, 0.3) is 0 Å². The van der Waals surface area contributed by atoms with Crippen molar-refractivity contribution in [1.29, 1.82) is 0 Å². The molecule has 0 saturated carbocycles. The molecule has 0 aliphatic carbocycles. The lowest BCUT2D eigenvalue weighted by atomic mass is 10.1. The number of carbonyl (C=O) groups excluding carboxylic acids is 1. The second-order valence-corrected chi connectivity index (χ2v) is 3.40. The average molecular weight is 210 g/mol. The third-order valence-corrected chi connectivity index (χ3v) is 2.26. The summed E-state index contributed by atoms with van der Waals surface area (Å²) in [5.74, 6) is -1.45. The van der Waals surface area contributed by atoms with E-state index in [2.05, 4.69) is 5.32 Å². The predicted octanol–water partition coefficient (Wildman–Crippen LogP) is 0.664. The Hall–Kier alpha value is -0.780. The van der Waals surface area contributed by atoms with Gasteiger partial charge in [-0.25, -0.2) is 0 Å². The molecule has 0 bridgehead atoms. The zero-order valence-electron chi connectivity index (χ0n) is 7.66. The molecule has 3 nitrogen and oxygen atoms in total. The monoisotopic (exact) mass is 210 g/mol. The van der Waals surface area contributed by atoms with Gasteiger partial charge in [0.2, 0.25) is 0 Å². The maximum Gasteiger partial charge on any atom is 0.471 e. The van der Waals surface area contributed by atoms with Crippen molar-refractivity contribution in [3.63, 3.8) is 0 Å². The SMILES string of the molecule is O=C(NCCC1CCNC1)C(F)(F)F. The molecule has 0 aromatic heterocycles. The molecule has 1 fully saturated rings. The molecule has 0 radical (unpaired) electrons. The van der Waals surface area contributed by atoms with E-state index < -0.39 is 12.1 Å². The van der Waals surface area contributed by atoms with Gasteiger partial charge in [-0.05, 0) is 31.8 Å². The molecule has 1 rings (SSSR count). The standard InChI is InChI=1S/C8H13F3N2O/c9-8(10,11)7(14)13-4-2-6-1-3-12-5-6/h6,12H,1-5H2,(H,13,14). The number of nitrogens with one attached hydrogen (secondary N) is 2. The maximum absolute atomic E-state index is 11.7. The topological polar surface area (TPSA) is 41.1 Å². The van der Waals surface area contributed by atoms with Crippen LogP contribution < -0.4 is 10.6 Å². The Labute approximate surface area is 80.0 Å². The second kappa shape index (κ2) is 4.63. The van der Waals surface area contributed by atoms with Gasteiger partial charge in [0.05, 0.1) is 0 Å². The average Bonchev–Trinajstić information content (AvgIpc) is 2.55. The molecule has 0 aromatic carbocycles. The number of halogens is 3. The van der Waals surface area contributed by atoms with Crippen LogP contribution in [0.1, 0.15) is 12.8 Å². The molecule has 1 atom stereocenters. The largest absolute Gasteiger partial charge is 0.471 e. The molecule has 0 aromatic rings. The first-order valence-corrected chi connectivity index (χ1v) is 4.56. The zero-order valence-corrected chi connectivity index (χ0v) is 7.66. The van der Waals surface area contributed by atoms with Gasteiger partial charge in [-0.2, -0.15) is 13.2 Å². The van der Waals surface area contributed by atoms with Crippen LogP contribution in [0, 0.1) is 5.92 Å². The molecule has 1 unspecified atom stereocenters. The van der Waals surface area contributed by atoms with Gasteiger partial charge in [0.15, 0.2) is 0 Å². The van der Waals surface area contributed by atoms with Crippen molar-refractivity contribution in [2.24, 2.45) is 5.92 Å². The highest BCUT2D eigenvalue weighted by Gasteiger charge is 2.38. The van der Waals surface area contributed by atoms with Gasteiger partial charge < -0.3 is 10.6 Å². The van der Waals surface area contributed by atoms with Gasteiger partial charge in [-0.1, -0.05) is 0 Å². The van der Waals surface area contributed by atoms with Gasteiger partial charge in [0.1, 0.15) is 0 Å². The normalized spacial score (nSPS) is 22.4. The minimum atomic E-state index is -4.76. The minimum Gasteiger partial charge on any atom is -0.348 e. The quantitative estimate of drug-likeness (QED) is 0.718. The zero-order chi connectivity index (χ0) is 10.6. The fourth-order valence-electron chi connectivity index (χ4n) is 1.45. The Kier molecular flexibility index (Phi) is 3.74. The van der Waals surface area contributed by atoms with E-state index in [0.29, 0.717) is 12.3 Å². The molecule has 1 aliphatic rings. The highest BCUT2D eigenvalue weighted by atomic mass is 19.4. The summed E-state index contributed by atoms with van der Waals surface area (Å²) in [5, 5.41) is 4.96. The van der Waals surface area contributed by atoms with E-state index in [1.54, 1.807) is 0 Å². The first kappa shape index (κ1) is 11.3. The summed E-state index contributed by atoms with van der Waals surface area (Å²) in [4.78, 5) is 10.4. The number of carbonyl (C=O) groups is 1. The molecular weight excluding hydrogens is 197 g/mol. The van der Waals surface area contributed by atoms with Crippen molar-refractivity contribution in [2.45, 2.75) is 19.0 Å². The van der Waals surface area contributed by atoms with Crippen LogP contribution in [0.3, 0.4) is 0 Å². The highest BCUT2D eigenvalue weighted by Crippen LogP contribution is 2.15. The number of alkyl halides is 3. The lowest BCUT2D eigenvalue weighted by Crippen LogP contribution is -2.37. The molecule has 1 saturated heterocycles. The molecule has 82 valence electrons. The predicted molar refractivity (Wildman–Crippen MR) is 44.7 cm³/mol. The van der Waals surface area contributed by atoms with Crippen molar-refractivity contribution in [2.75, 3.05) is 19.6 Å². The number of hydrogen-bond acceptors (Lipinski definition) is 2. The van der Waals surface area contributed by atoms with Crippen LogP contribution >= 0.6 is 0 Å². The summed E-state index contributed by atoms with van der Waals surface area (Å²) in [6.45, 7) is 1.85. The van der Waals surface area contributed by atoms with E-state index >= 15 is 0 Å². The summed E-state index contributed by atoms with van der Waals surface area (Å²) >= 11 is 0. The van der Waals surface area contributed by atoms with E-state index in [4.69, 9.17) is 0 Å². The first-order valence-electron chi connectivity index (χ1n) is 4.56. The summed E-state index contributed by atoms with van der Waals surface area (Å²) in [6.07, 6.45) is -3.18. The lowest BCUT2D eigenvalue weighted by molar-refractivity contribution is -0.173. The molecule has 6 heteroatoms. The van der Waals surface area contributed by atoms with Gasteiger partial charge >= 0.3 is 12.1 Å². The van der Waals surface area contributed by atoms with Crippen molar-refractivity contribution in [1.82, 2.24) is 10.6 Å². The van der Waals surface area contributed by atoms with E-state index in [1.165, 1.54) is 0 Å². The molecular formula is C8H13F3N2O. The summed E-state index contributed by atoms with van der Waals surface area (Å²) in [5.41, 5.74) is 0. The number of rotatable bonds is 3. The van der Waals surface area contributed by atoms with Gasteiger partial charge in [0.25, 0.3) is 0 Å². The van der Waals surface area contributed by atoms with E-state index in [1.807, 2.05) is 5.32 Å².